The predicted molar refractivity (Wildman–Crippen MR) is 146 cm³/mol. The Morgan fingerprint density at radius 3 is 2.43 bits per heavy atom. The van der Waals surface area contributed by atoms with Crippen LogP contribution < -0.4 is 9.47 Å². The zero-order valence-corrected chi connectivity index (χ0v) is 22.1. The van der Waals surface area contributed by atoms with Crippen molar-refractivity contribution in [2.24, 2.45) is 0 Å². The number of benzene rings is 2. The summed E-state index contributed by atoms with van der Waals surface area (Å²) in [6.07, 6.45) is 3.25. The molecule has 1 N–H and O–H groups in total. The fraction of sp³-hybridized carbons (Fsp3) is 0.400. The van der Waals surface area contributed by atoms with E-state index in [2.05, 4.69) is 25.3 Å². The predicted octanol–water partition coefficient (Wildman–Crippen LogP) is 5.19. The monoisotopic (exact) mass is 506 g/mol. The molecule has 0 bridgehead atoms. The minimum absolute atomic E-state index is 0.0796. The van der Waals surface area contributed by atoms with Crippen LogP contribution in [0.4, 0.5) is 0 Å². The van der Waals surface area contributed by atoms with Gasteiger partial charge in [0.05, 0.1) is 18.2 Å². The fourth-order valence-corrected chi connectivity index (χ4v) is 4.48. The van der Waals surface area contributed by atoms with Crippen LogP contribution >= 0.6 is 0 Å². The molecule has 2 aromatic rings. The Bertz CT molecular complexity index is 1110. The van der Waals surface area contributed by atoms with E-state index in [0.717, 1.165) is 26.1 Å². The van der Waals surface area contributed by atoms with Gasteiger partial charge in [0.25, 0.3) is 11.7 Å². The maximum absolute atomic E-state index is 13.3. The van der Waals surface area contributed by atoms with Crippen LogP contribution in [0.25, 0.3) is 5.76 Å². The quantitative estimate of drug-likeness (QED) is 0.164. The van der Waals surface area contributed by atoms with E-state index in [0.29, 0.717) is 48.8 Å². The van der Waals surface area contributed by atoms with E-state index in [4.69, 9.17) is 9.47 Å². The number of ketones is 1. The Hall–Kier alpha value is -3.58. The highest BCUT2D eigenvalue weighted by atomic mass is 16.5. The second-order valence-electron chi connectivity index (χ2n) is 8.92. The van der Waals surface area contributed by atoms with E-state index >= 15 is 0 Å². The number of amides is 1. The maximum atomic E-state index is 13.3. The van der Waals surface area contributed by atoms with Crippen LogP contribution in [-0.2, 0) is 9.59 Å². The van der Waals surface area contributed by atoms with Crippen LogP contribution in [0, 0.1) is 0 Å². The summed E-state index contributed by atoms with van der Waals surface area (Å²) in [5, 5.41) is 11.3. The van der Waals surface area contributed by atoms with Crippen molar-refractivity contribution in [2.45, 2.75) is 39.7 Å². The molecule has 0 aromatic heterocycles. The fourth-order valence-electron chi connectivity index (χ4n) is 4.48. The van der Waals surface area contributed by atoms with Gasteiger partial charge in [0, 0.05) is 12.1 Å². The maximum Gasteiger partial charge on any atom is 0.295 e. The highest BCUT2D eigenvalue weighted by molar-refractivity contribution is 6.46. The highest BCUT2D eigenvalue weighted by Gasteiger charge is 2.45. The molecule has 2 aromatic carbocycles. The SMILES string of the molecule is C=CCOc1cccc(C2/C(=C(\O)c3ccc(OCCC)cc3)C(=O)C(=O)N2CCCN(CC)CC)c1. The number of Topliss-reactive ketones (excluding diaryl/α,β-unsaturated/α-hetero) is 1. The molecule has 7 heteroatoms. The minimum Gasteiger partial charge on any atom is -0.507 e. The van der Waals surface area contributed by atoms with Gasteiger partial charge in [0.2, 0.25) is 0 Å². The van der Waals surface area contributed by atoms with Gasteiger partial charge in [-0.3, -0.25) is 9.59 Å². The number of hydrogen-bond donors (Lipinski definition) is 1. The van der Waals surface area contributed by atoms with E-state index in [1.54, 1.807) is 35.2 Å². The number of nitrogens with zero attached hydrogens (tertiary/aromatic N) is 2. The number of carbonyl (C=O) groups excluding carboxylic acids is 2. The molecule has 1 aliphatic rings. The van der Waals surface area contributed by atoms with Gasteiger partial charge >= 0.3 is 0 Å². The third kappa shape index (κ3) is 6.80. The van der Waals surface area contributed by atoms with Crippen molar-refractivity contribution in [3.8, 4) is 11.5 Å². The molecule has 0 radical (unpaired) electrons. The Kier molecular flexibility index (Phi) is 10.3. The van der Waals surface area contributed by atoms with Crippen LogP contribution in [0.3, 0.4) is 0 Å². The first-order valence-corrected chi connectivity index (χ1v) is 13.0. The summed E-state index contributed by atoms with van der Waals surface area (Å²) >= 11 is 0. The number of carbonyl (C=O) groups is 2. The van der Waals surface area contributed by atoms with Gasteiger partial charge in [-0.05, 0) is 74.4 Å². The van der Waals surface area contributed by atoms with Gasteiger partial charge in [-0.25, -0.2) is 0 Å². The Balaban J connectivity index is 2.01. The van der Waals surface area contributed by atoms with Crippen molar-refractivity contribution in [3.63, 3.8) is 0 Å². The van der Waals surface area contributed by atoms with Crippen molar-refractivity contribution >= 4 is 17.4 Å². The largest absolute Gasteiger partial charge is 0.507 e. The summed E-state index contributed by atoms with van der Waals surface area (Å²) in [4.78, 5) is 30.4. The second-order valence-corrected chi connectivity index (χ2v) is 8.92. The molecule has 1 atom stereocenters. The molecule has 1 unspecified atom stereocenters. The van der Waals surface area contributed by atoms with Crippen molar-refractivity contribution in [1.82, 2.24) is 9.80 Å². The average molecular weight is 507 g/mol. The molecule has 7 nitrogen and oxygen atoms in total. The van der Waals surface area contributed by atoms with Crippen LogP contribution in [0.1, 0.15) is 50.8 Å². The van der Waals surface area contributed by atoms with Crippen LogP contribution in [-0.4, -0.2) is 66.0 Å². The molecular weight excluding hydrogens is 468 g/mol. The van der Waals surface area contributed by atoms with Crippen molar-refractivity contribution < 1.29 is 24.2 Å². The third-order valence-corrected chi connectivity index (χ3v) is 6.45. The molecule has 1 saturated heterocycles. The molecule has 3 rings (SSSR count). The van der Waals surface area contributed by atoms with E-state index in [9.17, 15) is 14.7 Å². The van der Waals surface area contributed by atoms with Gasteiger partial charge in [0.1, 0.15) is 23.9 Å². The van der Waals surface area contributed by atoms with Crippen molar-refractivity contribution in [1.29, 1.82) is 0 Å². The standard InChI is InChI=1S/C30H38N2O5/c1-5-19-36-24-15-13-22(14-16-24)28(33)26-27(23-11-9-12-25(21-23)37-20-6-2)32(30(35)29(26)34)18-10-17-31(7-3)8-4/h6,9,11-16,21,27,33H,2,5,7-8,10,17-20H2,1,3-4H3/b28-26+. The molecule has 1 aliphatic heterocycles. The molecule has 37 heavy (non-hydrogen) atoms. The molecular formula is C30H38N2O5. The van der Waals surface area contributed by atoms with Gasteiger partial charge in [-0.1, -0.05) is 45.6 Å². The van der Waals surface area contributed by atoms with E-state index in [1.165, 1.54) is 0 Å². The molecule has 0 spiro atoms. The lowest BCUT2D eigenvalue weighted by molar-refractivity contribution is -0.140. The summed E-state index contributed by atoms with van der Waals surface area (Å²) in [6, 6.07) is 13.5. The van der Waals surface area contributed by atoms with Gasteiger partial charge < -0.3 is 24.4 Å². The summed E-state index contributed by atoms with van der Waals surface area (Å²) in [5.41, 5.74) is 1.23. The van der Waals surface area contributed by atoms with Gasteiger partial charge in [-0.2, -0.15) is 0 Å². The van der Waals surface area contributed by atoms with E-state index in [-0.39, 0.29) is 11.3 Å². The Morgan fingerprint density at radius 1 is 1.05 bits per heavy atom. The molecule has 198 valence electrons. The lowest BCUT2D eigenvalue weighted by Crippen LogP contribution is -2.33. The normalized spacial score (nSPS) is 16.9. The Morgan fingerprint density at radius 2 is 1.78 bits per heavy atom. The first-order chi connectivity index (χ1) is 17.9. The van der Waals surface area contributed by atoms with E-state index < -0.39 is 17.7 Å². The lowest BCUT2D eigenvalue weighted by Gasteiger charge is -2.27. The smallest absolute Gasteiger partial charge is 0.295 e. The number of rotatable bonds is 14. The minimum atomic E-state index is -0.722. The molecule has 0 aliphatic carbocycles. The highest BCUT2D eigenvalue weighted by Crippen LogP contribution is 2.40. The first-order valence-electron chi connectivity index (χ1n) is 13.0. The lowest BCUT2D eigenvalue weighted by atomic mass is 9.95. The van der Waals surface area contributed by atoms with Gasteiger partial charge in [-0.15, -0.1) is 0 Å². The first kappa shape index (κ1) is 28.0. The van der Waals surface area contributed by atoms with Crippen LogP contribution in [0.15, 0.2) is 66.8 Å². The zero-order chi connectivity index (χ0) is 26.8. The summed E-state index contributed by atoms with van der Waals surface area (Å²) < 4.78 is 11.3. The topological polar surface area (TPSA) is 79.3 Å². The van der Waals surface area contributed by atoms with Crippen molar-refractivity contribution in [3.05, 3.63) is 77.9 Å². The second kappa shape index (κ2) is 13.7. The number of hydrogen-bond acceptors (Lipinski definition) is 6. The van der Waals surface area contributed by atoms with E-state index in [1.807, 2.05) is 31.2 Å². The average Bonchev–Trinajstić information content (AvgIpc) is 3.18. The molecule has 1 heterocycles. The Labute approximate surface area is 220 Å². The summed E-state index contributed by atoms with van der Waals surface area (Å²) in [5.74, 6) is -0.211. The van der Waals surface area contributed by atoms with Crippen LogP contribution in [0.2, 0.25) is 0 Å². The summed E-state index contributed by atoms with van der Waals surface area (Å²) in [6.45, 7) is 13.9. The van der Waals surface area contributed by atoms with Crippen LogP contribution in [0.5, 0.6) is 11.5 Å². The molecule has 0 saturated carbocycles. The number of ether oxygens (including phenoxy) is 2. The molecule has 1 amide bonds. The zero-order valence-electron chi connectivity index (χ0n) is 22.1. The molecule has 1 fully saturated rings. The number of aliphatic hydroxyl groups is 1. The van der Waals surface area contributed by atoms with Crippen molar-refractivity contribution in [2.75, 3.05) is 39.4 Å². The summed E-state index contributed by atoms with van der Waals surface area (Å²) in [7, 11) is 0. The van der Waals surface area contributed by atoms with Gasteiger partial charge in [0.15, 0.2) is 0 Å². The number of likely N-dealkylation sites (tertiary alicyclic amines) is 1. The third-order valence-electron chi connectivity index (χ3n) is 6.45. The number of aliphatic hydroxyl groups excluding tert-OH is 1.